The van der Waals surface area contributed by atoms with Crippen molar-refractivity contribution in [1.82, 2.24) is 15.0 Å². The van der Waals surface area contributed by atoms with Crippen molar-refractivity contribution in [2.45, 2.75) is 13.5 Å². The molecule has 0 bridgehead atoms. The molecule has 0 atom stereocenters. The molecule has 10 nitrogen and oxygen atoms in total. The average molecular weight is 389 g/mol. The Hall–Kier alpha value is -2.98. The van der Waals surface area contributed by atoms with Crippen molar-refractivity contribution in [2.75, 3.05) is 45.2 Å². The number of nitrogens with zero attached hydrogens (tertiary/aromatic N) is 4. The smallest absolute Gasteiger partial charge is 0.311 e. The Morgan fingerprint density at radius 2 is 2.00 bits per heavy atom. The second kappa shape index (κ2) is 8.81. The van der Waals surface area contributed by atoms with Gasteiger partial charge in [0.05, 0.1) is 18.6 Å². The molecule has 1 aromatic heterocycles. The molecule has 0 saturated carbocycles. The monoisotopic (exact) mass is 389 g/mol. The summed E-state index contributed by atoms with van der Waals surface area (Å²) in [5.41, 5.74) is 0.832. The number of nitro benzene ring substituents is 1. The second-order valence-electron chi connectivity index (χ2n) is 6.69. The van der Waals surface area contributed by atoms with Gasteiger partial charge in [0.1, 0.15) is 5.76 Å². The van der Waals surface area contributed by atoms with E-state index in [9.17, 15) is 14.9 Å². The third-order valence-corrected chi connectivity index (χ3v) is 4.57. The van der Waals surface area contributed by atoms with Crippen LogP contribution in [0.15, 0.2) is 28.8 Å². The van der Waals surface area contributed by atoms with E-state index in [-0.39, 0.29) is 23.9 Å². The van der Waals surface area contributed by atoms with Crippen LogP contribution in [0.5, 0.6) is 5.75 Å². The maximum Gasteiger partial charge on any atom is 0.311 e. The number of amides is 1. The number of carbonyl (C=O) groups is 1. The number of aromatic nitrogens is 1. The molecule has 0 unspecified atom stereocenters. The molecular formula is C18H23N5O5. The number of rotatable bonds is 7. The summed E-state index contributed by atoms with van der Waals surface area (Å²) < 4.78 is 9.97. The van der Waals surface area contributed by atoms with Gasteiger partial charge in [0.15, 0.2) is 11.6 Å². The lowest BCUT2D eigenvalue weighted by atomic mass is 10.1. The predicted molar refractivity (Wildman–Crippen MR) is 101 cm³/mol. The zero-order valence-electron chi connectivity index (χ0n) is 15.9. The van der Waals surface area contributed by atoms with Crippen molar-refractivity contribution >= 4 is 17.4 Å². The number of nitro groups is 1. The van der Waals surface area contributed by atoms with Crippen molar-refractivity contribution in [2.24, 2.45) is 0 Å². The predicted octanol–water partition coefficient (Wildman–Crippen LogP) is 1.66. The Balaban J connectivity index is 1.48. The lowest BCUT2D eigenvalue weighted by molar-refractivity contribution is -0.385. The maximum atomic E-state index is 12.1. The summed E-state index contributed by atoms with van der Waals surface area (Å²) in [5, 5.41) is 17.6. The van der Waals surface area contributed by atoms with Gasteiger partial charge < -0.3 is 14.6 Å². The van der Waals surface area contributed by atoms with E-state index in [1.807, 2.05) is 6.07 Å². The number of aryl methyl sites for hydroxylation is 1. The SMILES string of the molecule is COc1ccc(CN2CCN(CC(=O)Nc3cc(C)on3)CC2)cc1[N+](=O)[O-]. The van der Waals surface area contributed by atoms with Gasteiger partial charge in [0.2, 0.25) is 5.91 Å². The summed E-state index contributed by atoms with van der Waals surface area (Å²) in [7, 11) is 1.42. The normalized spacial score (nSPS) is 15.4. The van der Waals surface area contributed by atoms with Crippen molar-refractivity contribution in [3.63, 3.8) is 0 Å². The van der Waals surface area contributed by atoms with Crippen molar-refractivity contribution in [1.29, 1.82) is 0 Å². The van der Waals surface area contributed by atoms with Gasteiger partial charge in [-0.25, -0.2) is 0 Å². The minimum atomic E-state index is -0.435. The van der Waals surface area contributed by atoms with Crippen LogP contribution < -0.4 is 10.1 Å². The highest BCUT2D eigenvalue weighted by Crippen LogP contribution is 2.28. The Labute approximate surface area is 162 Å². The van der Waals surface area contributed by atoms with E-state index in [1.54, 1.807) is 25.1 Å². The number of piperazine rings is 1. The quantitative estimate of drug-likeness (QED) is 0.562. The van der Waals surface area contributed by atoms with E-state index in [1.165, 1.54) is 7.11 Å². The van der Waals surface area contributed by atoms with Gasteiger partial charge in [-0.2, -0.15) is 0 Å². The molecule has 1 amide bonds. The number of hydrogen-bond donors (Lipinski definition) is 1. The van der Waals surface area contributed by atoms with Crippen molar-refractivity contribution < 1.29 is 19.0 Å². The van der Waals surface area contributed by atoms with Crippen LogP contribution in [0, 0.1) is 17.0 Å². The first-order chi connectivity index (χ1) is 13.4. The number of ether oxygens (including phenoxy) is 1. The molecule has 2 aromatic rings. The fourth-order valence-corrected chi connectivity index (χ4v) is 3.15. The molecule has 1 N–H and O–H groups in total. The van der Waals surface area contributed by atoms with Crippen LogP contribution in [-0.2, 0) is 11.3 Å². The van der Waals surface area contributed by atoms with Gasteiger partial charge in [0.25, 0.3) is 0 Å². The molecule has 10 heteroatoms. The van der Waals surface area contributed by atoms with E-state index >= 15 is 0 Å². The second-order valence-corrected chi connectivity index (χ2v) is 6.69. The van der Waals surface area contributed by atoms with Crippen LogP contribution in [0.25, 0.3) is 0 Å². The summed E-state index contributed by atoms with van der Waals surface area (Å²) in [6, 6.07) is 6.69. The van der Waals surface area contributed by atoms with Crippen molar-refractivity contribution in [3.8, 4) is 5.75 Å². The molecule has 0 radical (unpaired) electrons. The van der Waals surface area contributed by atoms with E-state index in [0.29, 0.717) is 18.1 Å². The summed E-state index contributed by atoms with van der Waals surface area (Å²) in [4.78, 5) is 27.1. The van der Waals surface area contributed by atoms with E-state index in [2.05, 4.69) is 20.3 Å². The molecule has 0 spiro atoms. The number of methoxy groups -OCH3 is 1. The Morgan fingerprint density at radius 3 is 2.61 bits per heavy atom. The lowest BCUT2D eigenvalue weighted by Crippen LogP contribution is -2.48. The zero-order chi connectivity index (χ0) is 20.1. The van der Waals surface area contributed by atoms with Crippen molar-refractivity contribution in [3.05, 3.63) is 45.7 Å². The zero-order valence-corrected chi connectivity index (χ0v) is 15.9. The third-order valence-electron chi connectivity index (χ3n) is 4.57. The maximum absolute atomic E-state index is 12.1. The van der Waals surface area contributed by atoms with Gasteiger partial charge >= 0.3 is 5.69 Å². The van der Waals surface area contributed by atoms with Crippen LogP contribution in [0.3, 0.4) is 0 Å². The van der Waals surface area contributed by atoms with E-state index in [4.69, 9.17) is 9.26 Å². The average Bonchev–Trinajstić information content (AvgIpc) is 3.07. The first kappa shape index (κ1) is 19.8. The molecule has 1 fully saturated rings. The number of hydrogen-bond acceptors (Lipinski definition) is 8. The molecule has 3 rings (SSSR count). The van der Waals surface area contributed by atoms with Gasteiger partial charge in [0, 0.05) is 44.9 Å². The Bertz CT molecular complexity index is 845. The molecule has 150 valence electrons. The largest absolute Gasteiger partial charge is 0.490 e. The molecule has 1 aliphatic rings. The van der Waals surface area contributed by atoms with Gasteiger partial charge in [-0.3, -0.25) is 24.7 Å². The van der Waals surface area contributed by atoms with Crippen LogP contribution >= 0.6 is 0 Å². The molecule has 1 aromatic carbocycles. The van der Waals surface area contributed by atoms with Crippen LogP contribution in [0.4, 0.5) is 11.5 Å². The Morgan fingerprint density at radius 1 is 1.29 bits per heavy atom. The summed E-state index contributed by atoms with van der Waals surface area (Å²) in [6.07, 6.45) is 0. The standard InChI is InChI=1S/C18H23N5O5/c1-13-9-17(20-28-13)19-18(24)12-22-7-5-21(6-8-22)11-14-3-4-16(27-2)15(10-14)23(25)26/h3-4,9-10H,5-8,11-12H2,1-2H3,(H,19,20,24). The molecule has 28 heavy (non-hydrogen) atoms. The molecule has 1 saturated heterocycles. The third kappa shape index (κ3) is 5.05. The first-order valence-electron chi connectivity index (χ1n) is 8.94. The lowest BCUT2D eigenvalue weighted by Gasteiger charge is -2.34. The highest BCUT2D eigenvalue weighted by Gasteiger charge is 2.21. The minimum Gasteiger partial charge on any atom is -0.490 e. The molecule has 1 aliphatic heterocycles. The number of benzene rings is 1. The highest BCUT2D eigenvalue weighted by molar-refractivity contribution is 5.91. The minimum absolute atomic E-state index is 0.0293. The summed E-state index contributed by atoms with van der Waals surface area (Å²) >= 11 is 0. The van der Waals surface area contributed by atoms with Gasteiger partial charge in [-0.15, -0.1) is 0 Å². The fraction of sp³-hybridized carbons (Fsp3) is 0.444. The molecule has 2 heterocycles. The molecule has 0 aliphatic carbocycles. The topological polar surface area (TPSA) is 114 Å². The Kier molecular flexibility index (Phi) is 6.22. The van der Waals surface area contributed by atoms with Crippen LogP contribution in [0.2, 0.25) is 0 Å². The fourth-order valence-electron chi connectivity index (χ4n) is 3.15. The number of carbonyl (C=O) groups excluding carboxylic acids is 1. The molecular weight excluding hydrogens is 366 g/mol. The van der Waals surface area contributed by atoms with Gasteiger partial charge in [-0.05, 0) is 18.6 Å². The van der Waals surface area contributed by atoms with E-state index in [0.717, 1.165) is 31.7 Å². The number of anilines is 1. The number of nitrogens with one attached hydrogen (secondary N) is 1. The summed E-state index contributed by atoms with van der Waals surface area (Å²) in [5.74, 6) is 1.18. The highest BCUT2D eigenvalue weighted by atomic mass is 16.6. The van der Waals surface area contributed by atoms with Crippen LogP contribution in [0.1, 0.15) is 11.3 Å². The first-order valence-corrected chi connectivity index (χ1v) is 8.94. The van der Waals surface area contributed by atoms with E-state index < -0.39 is 4.92 Å². The van der Waals surface area contributed by atoms with Gasteiger partial charge in [-0.1, -0.05) is 11.2 Å². The summed E-state index contributed by atoms with van der Waals surface area (Å²) in [6.45, 7) is 5.69. The van der Waals surface area contributed by atoms with Crippen LogP contribution in [-0.4, -0.2) is 65.6 Å².